The van der Waals surface area contributed by atoms with E-state index in [1.807, 2.05) is 0 Å². The van der Waals surface area contributed by atoms with Gasteiger partial charge in [-0.3, -0.25) is 0 Å². The van der Waals surface area contributed by atoms with Crippen molar-refractivity contribution in [3.63, 3.8) is 0 Å². The van der Waals surface area contributed by atoms with Gasteiger partial charge in [0.05, 0.1) is 11.4 Å². The standard InChI is InChI=1S/3C24H21N.C22H19N.C21H15N/c1-24(2)20-12-16-8-4-6-10-18(16)14-22(20)25(3)23-15-19-11-7-5-9-17(19)13-21(23)24;1-24(2)22-18-10-6-4-8-16(18)12-14-20(22)25(3)21-15-13-17-9-5-7-11-19(17)23(21)24;1-24(2)20-14-12-16-8-4-6-10-18(16)22(20)25(3)23-19-11-7-5-9-17(19)13-15-21(23)24;1-22(2)16-10-6-4-8-14(16)20-17(22)12-13-19-21(20)15-9-5-7-11-18(15)23(19)3;1-22-19-9-5-4-8-17(19)21-18-13-15-7-3-2-6-14(15)12-16(18)10-11-20(21)22/h3*4-15H,1-3H3;4-13H,1-3H3;2-13H,1H3. The molecule has 0 amide bonds. The SMILES string of the molecule is CN1c2c(ccc3ccccc23)C(C)(C)c2ccc3ccccc3c21.CN1c2cc3ccccc3cc2C(C)(C)c2cc3ccccc3cc21.CN1c2ccc3ccccc3c2C(C)(C)c2c1ccc1ccccc21.Cn1c2ccccc2c2c3c(ccc21)C(C)(C)c1ccccc1-3.Cn1c2ccccc2c2c3cc4ccccc4cc3ccc21. The summed E-state index contributed by atoms with van der Waals surface area (Å²) in [5, 5.41) is 26.5. The van der Waals surface area contributed by atoms with Crippen LogP contribution in [0.15, 0.2) is 352 Å². The normalized spacial score (nSPS) is 14.6. The highest BCUT2D eigenvalue weighted by molar-refractivity contribution is 6.23. The zero-order valence-electron chi connectivity index (χ0n) is 70.7. The third-order valence-electron chi connectivity index (χ3n) is 27.8. The van der Waals surface area contributed by atoms with E-state index in [0.717, 1.165) is 0 Å². The molecule has 0 N–H and O–H groups in total. The quantitative estimate of drug-likeness (QED) is 0.141. The molecule has 0 radical (unpaired) electrons. The fraction of sp³-hybridized carbons (Fsp3) is 0.148. The molecule has 5 heteroatoms. The molecular weight excluding hydrogens is 1450 g/mol. The minimum atomic E-state index is -0.0566. The lowest BCUT2D eigenvalue weighted by Crippen LogP contribution is -2.31. The molecule has 0 saturated heterocycles. The van der Waals surface area contributed by atoms with Gasteiger partial charge in [0, 0.05) is 134 Å². The van der Waals surface area contributed by atoms with Gasteiger partial charge in [0.25, 0.3) is 0 Å². The molecule has 19 aromatic carbocycles. The molecule has 5 heterocycles. The topological polar surface area (TPSA) is 19.6 Å². The van der Waals surface area contributed by atoms with Gasteiger partial charge in [-0.1, -0.05) is 334 Å². The van der Waals surface area contributed by atoms with Crippen molar-refractivity contribution >= 4 is 164 Å². The van der Waals surface area contributed by atoms with Crippen molar-refractivity contribution in [2.45, 2.75) is 77.0 Å². The van der Waals surface area contributed by atoms with Crippen LogP contribution in [-0.4, -0.2) is 30.3 Å². The molecule has 0 bridgehead atoms. The Hall–Kier alpha value is -13.7. The summed E-state index contributed by atoms with van der Waals surface area (Å²) in [6, 6.07) is 128. The molecule has 582 valence electrons. The van der Waals surface area contributed by atoms with Crippen LogP contribution in [0.1, 0.15) is 99.9 Å². The second-order valence-electron chi connectivity index (χ2n) is 35.8. The van der Waals surface area contributed by atoms with E-state index in [1.165, 1.54) is 220 Å². The van der Waals surface area contributed by atoms with Crippen molar-refractivity contribution in [2.24, 2.45) is 14.1 Å². The number of nitrogens with zero attached hydrogens (tertiary/aromatic N) is 5. The molecule has 0 unspecified atom stereocenters. The Labute approximate surface area is 702 Å². The summed E-state index contributed by atoms with van der Waals surface area (Å²) in [5.74, 6) is 0. The molecule has 2 aromatic heterocycles. The van der Waals surface area contributed by atoms with E-state index >= 15 is 0 Å². The first-order valence-corrected chi connectivity index (χ1v) is 42.4. The van der Waals surface area contributed by atoms with Gasteiger partial charge >= 0.3 is 0 Å². The van der Waals surface area contributed by atoms with E-state index in [9.17, 15) is 0 Å². The first-order chi connectivity index (χ1) is 58.2. The predicted molar refractivity (Wildman–Crippen MR) is 518 cm³/mol. The number of para-hydroxylation sites is 2. The number of aromatic nitrogens is 2. The van der Waals surface area contributed by atoms with Gasteiger partial charge in [-0.25, -0.2) is 0 Å². The lowest BCUT2D eigenvalue weighted by Gasteiger charge is -2.42. The van der Waals surface area contributed by atoms with Crippen LogP contribution in [0, 0.1) is 0 Å². The molecule has 0 spiro atoms. The number of fused-ring (bicyclic) bond motifs is 29. The van der Waals surface area contributed by atoms with E-state index < -0.39 is 0 Å². The molecule has 25 rings (SSSR count). The molecule has 0 atom stereocenters. The number of aryl methyl sites for hydroxylation is 2. The number of rotatable bonds is 0. The van der Waals surface area contributed by atoms with Crippen LogP contribution in [-0.2, 0) is 35.8 Å². The Kier molecular flexibility index (Phi) is 17.0. The van der Waals surface area contributed by atoms with Crippen molar-refractivity contribution in [1.29, 1.82) is 0 Å². The van der Waals surface area contributed by atoms with Crippen LogP contribution in [0.3, 0.4) is 0 Å². The summed E-state index contributed by atoms with van der Waals surface area (Å²) >= 11 is 0. The lowest BCUT2D eigenvalue weighted by atomic mass is 9.70. The third-order valence-corrected chi connectivity index (χ3v) is 27.8. The molecule has 4 aliphatic rings. The minimum Gasteiger partial charge on any atom is -0.344 e. The van der Waals surface area contributed by atoms with Crippen LogP contribution in [0.4, 0.5) is 34.1 Å². The van der Waals surface area contributed by atoms with Crippen LogP contribution >= 0.6 is 0 Å². The zero-order chi connectivity index (χ0) is 82.0. The van der Waals surface area contributed by atoms with Crippen LogP contribution < -0.4 is 14.7 Å². The van der Waals surface area contributed by atoms with Crippen molar-refractivity contribution in [1.82, 2.24) is 9.13 Å². The van der Waals surface area contributed by atoms with Crippen LogP contribution in [0.2, 0.25) is 0 Å². The minimum absolute atomic E-state index is 0.0226. The molecule has 120 heavy (non-hydrogen) atoms. The monoisotopic (exact) mass is 1550 g/mol. The summed E-state index contributed by atoms with van der Waals surface area (Å²) < 4.78 is 4.61. The Balaban J connectivity index is 0.0000000929. The average Bonchev–Trinajstić information content (AvgIpc) is 1.04. The van der Waals surface area contributed by atoms with Crippen LogP contribution in [0.25, 0.3) is 141 Å². The van der Waals surface area contributed by atoms with Crippen LogP contribution in [0.5, 0.6) is 0 Å². The second-order valence-corrected chi connectivity index (χ2v) is 35.8. The molecule has 1 aliphatic carbocycles. The highest BCUT2D eigenvalue weighted by atomic mass is 15.1. The van der Waals surface area contributed by atoms with E-state index in [4.69, 9.17) is 0 Å². The summed E-state index contributed by atoms with van der Waals surface area (Å²) in [7, 11) is 10.9. The van der Waals surface area contributed by atoms with E-state index in [-0.39, 0.29) is 21.7 Å². The van der Waals surface area contributed by atoms with E-state index in [1.54, 1.807) is 0 Å². The van der Waals surface area contributed by atoms with Crippen molar-refractivity contribution in [2.75, 3.05) is 35.8 Å². The highest BCUT2D eigenvalue weighted by Crippen LogP contribution is 2.57. The lowest BCUT2D eigenvalue weighted by molar-refractivity contribution is 0.631. The summed E-state index contributed by atoms with van der Waals surface area (Å²) in [4.78, 5) is 7.12. The number of anilines is 6. The summed E-state index contributed by atoms with van der Waals surface area (Å²) in [5.41, 5.74) is 27.3. The summed E-state index contributed by atoms with van der Waals surface area (Å²) in [6.45, 7) is 18.8. The van der Waals surface area contributed by atoms with Gasteiger partial charge in [0.2, 0.25) is 0 Å². The largest absolute Gasteiger partial charge is 0.344 e. The van der Waals surface area contributed by atoms with E-state index in [2.05, 4.69) is 466 Å². The fourth-order valence-electron chi connectivity index (χ4n) is 21.5. The first-order valence-electron chi connectivity index (χ1n) is 42.4. The maximum atomic E-state index is 2.40. The maximum absolute atomic E-state index is 2.40. The van der Waals surface area contributed by atoms with E-state index in [0.29, 0.717) is 0 Å². The molecule has 21 aromatic rings. The van der Waals surface area contributed by atoms with Gasteiger partial charge in [-0.2, -0.15) is 0 Å². The Morgan fingerprint density at radius 1 is 0.192 bits per heavy atom. The predicted octanol–water partition coefficient (Wildman–Crippen LogP) is 30.5. The van der Waals surface area contributed by atoms with Crippen molar-refractivity contribution in [3.05, 3.63) is 396 Å². The van der Waals surface area contributed by atoms with Gasteiger partial charge in [-0.15, -0.1) is 0 Å². The van der Waals surface area contributed by atoms with Gasteiger partial charge in [0.15, 0.2) is 0 Å². The second kappa shape index (κ2) is 27.7. The zero-order valence-corrected chi connectivity index (χ0v) is 70.7. The molecular formula is C115H97N5. The van der Waals surface area contributed by atoms with Crippen molar-refractivity contribution in [3.8, 4) is 11.1 Å². The Bertz CT molecular complexity index is 7550. The number of benzene rings is 19. The summed E-state index contributed by atoms with van der Waals surface area (Å²) in [6.07, 6.45) is 0. The molecule has 5 nitrogen and oxygen atoms in total. The van der Waals surface area contributed by atoms with Crippen molar-refractivity contribution < 1.29 is 0 Å². The van der Waals surface area contributed by atoms with Gasteiger partial charge < -0.3 is 23.8 Å². The molecule has 0 saturated carbocycles. The van der Waals surface area contributed by atoms with Gasteiger partial charge in [-0.05, 0) is 204 Å². The van der Waals surface area contributed by atoms with Gasteiger partial charge in [0.1, 0.15) is 0 Å². The smallest absolute Gasteiger partial charge is 0.0529 e. The first kappa shape index (κ1) is 73.9. The number of hydrogen-bond acceptors (Lipinski definition) is 3. The molecule has 0 fully saturated rings. The molecule has 3 aliphatic heterocycles. The fourth-order valence-corrected chi connectivity index (χ4v) is 21.5. The maximum Gasteiger partial charge on any atom is 0.0529 e. The average molecular weight is 1550 g/mol. The highest BCUT2D eigenvalue weighted by Gasteiger charge is 2.41. The Morgan fingerprint density at radius 3 is 1.02 bits per heavy atom. The number of hydrogen-bond donors (Lipinski definition) is 0. The Morgan fingerprint density at radius 2 is 0.525 bits per heavy atom. The third kappa shape index (κ3) is 11.3.